The highest BCUT2D eigenvalue weighted by molar-refractivity contribution is 9.10. The van der Waals surface area contributed by atoms with Crippen LogP contribution in [0.5, 0.6) is 0 Å². The molecule has 1 N–H and O–H groups in total. The molecule has 0 fully saturated rings. The number of carbonyl (C=O) groups excluding carboxylic acids is 1. The van der Waals surface area contributed by atoms with Crippen LogP contribution in [0.2, 0.25) is 5.02 Å². The summed E-state index contributed by atoms with van der Waals surface area (Å²) >= 11 is 10.7. The van der Waals surface area contributed by atoms with Crippen molar-refractivity contribution >= 4 is 50.9 Å². The smallest absolute Gasteiger partial charge is 0.237 e. The molecule has 0 aromatic heterocycles. The van der Waals surface area contributed by atoms with E-state index in [1.165, 1.54) is 30.0 Å². The van der Waals surface area contributed by atoms with Gasteiger partial charge in [-0.15, -0.1) is 11.8 Å². The average molecular weight is 389 g/mol. The molecule has 2 rings (SSSR count). The average Bonchev–Trinajstić information content (AvgIpc) is 2.44. The van der Waals surface area contributed by atoms with Gasteiger partial charge in [-0.2, -0.15) is 0 Å². The minimum absolute atomic E-state index is 0.184. The Hall–Kier alpha value is -1.04. The maximum absolute atomic E-state index is 13.0. The van der Waals surface area contributed by atoms with Gasteiger partial charge in [0.15, 0.2) is 0 Å². The third-order valence-electron chi connectivity index (χ3n) is 2.68. The third-order valence-corrected chi connectivity index (χ3v) is 4.64. The van der Waals surface area contributed by atoms with Crippen molar-refractivity contribution in [3.63, 3.8) is 0 Å². The van der Waals surface area contributed by atoms with Crippen LogP contribution in [0.1, 0.15) is 6.92 Å². The topological polar surface area (TPSA) is 29.1 Å². The number of rotatable bonds is 4. The van der Waals surface area contributed by atoms with Crippen LogP contribution in [0.4, 0.5) is 10.1 Å². The van der Waals surface area contributed by atoms with Gasteiger partial charge in [0.05, 0.1) is 16.0 Å². The summed E-state index contributed by atoms with van der Waals surface area (Å²) in [6, 6.07) is 11.6. The Morgan fingerprint density at radius 1 is 1.29 bits per heavy atom. The van der Waals surface area contributed by atoms with E-state index in [0.717, 1.165) is 9.37 Å². The summed E-state index contributed by atoms with van der Waals surface area (Å²) in [4.78, 5) is 13.1. The van der Waals surface area contributed by atoms with Crippen molar-refractivity contribution in [3.8, 4) is 0 Å². The van der Waals surface area contributed by atoms with Crippen molar-refractivity contribution < 1.29 is 9.18 Å². The van der Waals surface area contributed by atoms with Gasteiger partial charge in [0, 0.05) is 9.37 Å². The molecule has 0 saturated carbocycles. The Morgan fingerprint density at radius 3 is 2.57 bits per heavy atom. The van der Waals surface area contributed by atoms with E-state index in [0.29, 0.717) is 5.69 Å². The number of thioether (sulfide) groups is 1. The molecule has 2 nitrogen and oxygen atoms in total. The second-order valence-electron chi connectivity index (χ2n) is 4.33. The number of anilines is 1. The summed E-state index contributed by atoms with van der Waals surface area (Å²) < 4.78 is 13.9. The van der Waals surface area contributed by atoms with Crippen molar-refractivity contribution in [2.45, 2.75) is 17.1 Å². The summed E-state index contributed by atoms with van der Waals surface area (Å²) in [7, 11) is 0. The van der Waals surface area contributed by atoms with Crippen LogP contribution < -0.4 is 5.32 Å². The SMILES string of the molecule is CC(Sc1ccc(Br)cc1)C(=O)Nc1ccc(F)cc1Cl. The highest BCUT2D eigenvalue weighted by Crippen LogP contribution is 2.27. The van der Waals surface area contributed by atoms with Gasteiger partial charge in [-0.25, -0.2) is 4.39 Å². The quantitative estimate of drug-likeness (QED) is 0.714. The van der Waals surface area contributed by atoms with E-state index in [-0.39, 0.29) is 16.2 Å². The first-order valence-electron chi connectivity index (χ1n) is 6.14. The lowest BCUT2D eigenvalue weighted by Gasteiger charge is -2.13. The maximum Gasteiger partial charge on any atom is 0.237 e. The Kier molecular flexibility index (Phi) is 5.67. The van der Waals surface area contributed by atoms with Gasteiger partial charge in [0.25, 0.3) is 0 Å². The molecule has 0 saturated heterocycles. The molecular formula is C15H12BrClFNOS. The number of amides is 1. The summed E-state index contributed by atoms with van der Waals surface area (Å²) in [5.74, 6) is -0.619. The fourth-order valence-corrected chi connectivity index (χ4v) is 2.94. The molecule has 1 unspecified atom stereocenters. The molecule has 110 valence electrons. The summed E-state index contributed by atoms with van der Waals surface area (Å²) in [5, 5.41) is 2.59. The van der Waals surface area contributed by atoms with Gasteiger partial charge >= 0.3 is 0 Å². The first-order valence-corrected chi connectivity index (χ1v) is 8.19. The molecule has 0 aliphatic rings. The minimum Gasteiger partial charge on any atom is -0.324 e. The highest BCUT2D eigenvalue weighted by atomic mass is 79.9. The summed E-state index contributed by atoms with van der Waals surface area (Å²) in [5.41, 5.74) is 0.409. The van der Waals surface area contributed by atoms with E-state index in [1.807, 2.05) is 24.3 Å². The van der Waals surface area contributed by atoms with Crippen LogP contribution in [0.3, 0.4) is 0 Å². The largest absolute Gasteiger partial charge is 0.324 e. The van der Waals surface area contributed by atoms with Crippen LogP contribution >= 0.6 is 39.3 Å². The van der Waals surface area contributed by atoms with Crippen molar-refractivity contribution in [1.82, 2.24) is 0 Å². The van der Waals surface area contributed by atoms with Gasteiger partial charge in [0.1, 0.15) is 5.82 Å². The molecule has 0 spiro atoms. The minimum atomic E-state index is -0.435. The van der Waals surface area contributed by atoms with Crippen molar-refractivity contribution in [2.24, 2.45) is 0 Å². The lowest BCUT2D eigenvalue weighted by molar-refractivity contribution is -0.115. The van der Waals surface area contributed by atoms with Crippen LogP contribution in [-0.2, 0) is 4.79 Å². The van der Waals surface area contributed by atoms with Crippen LogP contribution in [-0.4, -0.2) is 11.2 Å². The second kappa shape index (κ2) is 7.29. The zero-order valence-electron chi connectivity index (χ0n) is 11.1. The monoisotopic (exact) mass is 387 g/mol. The molecule has 0 radical (unpaired) electrons. The lowest BCUT2D eigenvalue weighted by atomic mass is 10.3. The van der Waals surface area contributed by atoms with Gasteiger partial charge in [-0.05, 0) is 49.4 Å². The summed E-state index contributed by atoms with van der Waals surface area (Å²) in [6.07, 6.45) is 0. The number of halogens is 3. The van der Waals surface area contributed by atoms with E-state index in [4.69, 9.17) is 11.6 Å². The molecule has 0 aliphatic heterocycles. The van der Waals surface area contributed by atoms with Gasteiger partial charge in [0.2, 0.25) is 5.91 Å². The lowest BCUT2D eigenvalue weighted by Crippen LogP contribution is -2.22. The molecule has 21 heavy (non-hydrogen) atoms. The zero-order valence-corrected chi connectivity index (χ0v) is 14.2. The van der Waals surface area contributed by atoms with Crippen molar-refractivity contribution in [3.05, 3.63) is 57.8 Å². The molecule has 1 amide bonds. The number of nitrogens with one attached hydrogen (secondary N) is 1. The third kappa shape index (κ3) is 4.73. The first kappa shape index (κ1) is 16.3. The van der Waals surface area contributed by atoms with Gasteiger partial charge in [-0.1, -0.05) is 27.5 Å². The molecule has 1 atom stereocenters. The number of hydrogen-bond acceptors (Lipinski definition) is 2. The normalized spacial score (nSPS) is 12.0. The van der Waals surface area contributed by atoms with Crippen LogP contribution in [0, 0.1) is 5.82 Å². The standard InChI is InChI=1S/C15H12BrClFNOS/c1-9(21-12-5-2-10(16)3-6-12)15(20)19-14-7-4-11(18)8-13(14)17/h2-9H,1H3,(H,19,20). The van der Waals surface area contributed by atoms with E-state index < -0.39 is 5.82 Å². The fraction of sp³-hybridized carbons (Fsp3) is 0.133. The molecule has 0 aliphatic carbocycles. The number of carbonyl (C=O) groups is 1. The van der Waals surface area contributed by atoms with Crippen LogP contribution in [0.25, 0.3) is 0 Å². The maximum atomic E-state index is 13.0. The first-order chi connectivity index (χ1) is 9.95. The molecule has 6 heteroatoms. The molecule has 0 bridgehead atoms. The van der Waals surface area contributed by atoms with E-state index in [9.17, 15) is 9.18 Å². The number of benzene rings is 2. The van der Waals surface area contributed by atoms with Crippen molar-refractivity contribution in [1.29, 1.82) is 0 Å². The van der Waals surface area contributed by atoms with Gasteiger partial charge in [-0.3, -0.25) is 4.79 Å². The van der Waals surface area contributed by atoms with E-state index in [2.05, 4.69) is 21.2 Å². The second-order valence-corrected chi connectivity index (χ2v) is 7.06. The Labute approximate surface area is 140 Å². The zero-order chi connectivity index (χ0) is 15.4. The van der Waals surface area contributed by atoms with E-state index in [1.54, 1.807) is 6.92 Å². The van der Waals surface area contributed by atoms with Gasteiger partial charge < -0.3 is 5.32 Å². The molecule has 0 heterocycles. The number of hydrogen-bond donors (Lipinski definition) is 1. The Balaban J connectivity index is 2.00. The molecular weight excluding hydrogens is 377 g/mol. The van der Waals surface area contributed by atoms with E-state index >= 15 is 0 Å². The Morgan fingerprint density at radius 2 is 1.95 bits per heavy atom. The molecule has 2 aromatic carbocycles. The fourth-order valence-electron chi connectivity index (χ4n) is 1.60. The van der Waals surface area contributed by atoms with Crippen molar-refractivity contribution in [2.75, 3.05) is 5.32 Å². The highest BCUT2D eigenvalue weighted by Gasteiger charge is 2.16. The Bertz CT molecular complexity index is 651. The predicted molar refractivity (Wildman–Crippen MR) is 89.5 cm³/mol. The summed E-state index contributed by atoms with van der Waals surface area (Å²) in [6.45, 7) is 1.81. The molecule has 2 aromatic rings. The van der Waals surface area contributed by atoms with Crippen LogP contribution in [0.15, 0.2) is 51.8 Å². The predicted octanol–water partition coefficient (Wildman–Crippen LogP) is 5.36.